The van der Waals surface area contributed by atoms with Crippen LogP contribution in [-0.4, -0.2) is 6.54 Å². The summed E-state index contributed by atoms with van der Waals surface area (Å²) in [5.74, 6) is 2.71. The molecule has 0 aliphatic heterocycles. The third kappa shape index (κ3) is 2.82. The Morgan fingerprint density at radius 2 is 1.91 bits per heavy atom. The fourth-order valence-corrected chi connectivity index (χ4v) is 2.27. The van der Waals surface area contributed by atoms with Crippen molar-refractivity contribution in [3.8, 4) is 0 Å². The Kier molecular flexibility index (Phi) is 3.38. The van der Waals surface area contributed by atoms with E-state index < -0.39 is 0 Å². The molecule has 0 saturated heterocycles. The summed E-state index contributed by atoms with van der Waals surface area (Å²) in [5.41, 5.74) is 5.63. The predicted molar refractivity (Wildman–Crippen MR) is 49.3 cm³/mol. The van der Waals surface area contributed by atoms with Gasteiger partial charge in [-0.25, -0.2) is 0 Å². The van der Waals surface area contributed by atoms with E-state index in [2.05, 4.69) is 13.8 Å². The van der Waals surface area contributed by atoms with Crippen molar-refractivity contribution in [2.75, 3.05) is 6.54 Å². The van der Waals surface area contributed by atoms with Crippen LogP contribution in [0.5, 0.6) is 0 Å². The molecule has 11 heavy (non-hydrogen) atoms. The zero-order valence-corrected chi connectivity index (χ0v) is 7.84. The van der Waals surface area contributed by atoms with E-state index in [0.29, 0.717) is 0 Å². The summed E-state index contributed by atoms with van der Waals surface area (Å²) >= 11 is 0. The predicted octanol–water partition coefficient (Wildman–Crippen LogP) is 2.41. The van der Waals surface area contributed by atoms with Crippen molar-refractivity contribution >= 4 is 0 Å². The molecule has 1 nitrogen and oxygen atoms in total. The molecular weight excluding hydrogens is 134 g/mol. The second kappa shape index (κ2) is 4.10. The highest BCUT2D eigenvalue weighted by molar-refractivity contribution is 4.76. The largest absolute Gasteiger partial charge is 0.330 e. The molecule has 0 bridgehead atoms. The lowest BCUT2D eigenvalue weighted by atomic mass is 9.95. The smallest absolute Gasteiger partial charge is 0.00488 e. The lowest BCUT2D eigenvalue weighted by Gasteiger charge is -2.12. The molecule has 1 saturated carbocycles. The van der Waals surface area contributed by atoms with Gasteiger partial charge in [0.05, 0.1) is 0 Å². The molecule has 1 fully saturated rings. The summed E-state index contributed by atoms with van der Waals surface area (Å²) in [6.07, 6.45) is 5.62. The molecule has 0 aromatic carbocycles. The van der Waals surface area contributed by atoms with Crippen LogP contribution >= 0.6 is 0 Å². The molecule has 1 heteroatoms. The first-order chi connectivity index (χ1) is 5.22. The van der Waals surface area contributed by atoms with Gasteiger partial charge in [-0.15, -0.1) is 0 Å². The quantitative estimate of drug-likeness (QED) is 0.665. The van der Waals surface area contributed by atoms with Gasteiger partial charge in [0.2, 0.25) is 0 Å². The van der Waals surface area contributed by atoms with E-state index in [1.54, 1.807) is 0 Å². The average Bonchev–Trinajstić information content (AvgIpc) is 2.34. The van der Waals surface area contributed by atoms with Crippen LogP contribution in [0.1, 0.15) is 39.5 Å². The van der Waals surface area contributed by atoms with E-state index in [0.717, 1.165) is 24.3 Å². The van der Waals surface area contributed by atoms with Crippen LogP contribution in [0.25, 0.3) is 0 Å². The van der Waals surface area contributed by atoms with Gasteiger partial charge in [0.1, 0.15) is 0 Å². The van der Waals surface area contributed by atoms with Crippen LogP contribution in [0.3, 0.4) is 0 Å². The normalized spacial score (nSPS) is 31.6. The monoisotopic (exact) mass is 155 g/mol. The molecule has 0 aromatic rings. The Hall–Kier alpha value is -0.0400. The second-order valence-corrected chi connectivity index (χ2v) is 4.41. The van der Waals surface area contributed by atoms with Gasteiger partial charge in [0, 0.05) is 0 Å². The first kappa shape index (κ1) is 9.05. The van der Waals surface area contributed by atoms with Gasteiger partial charge in [-0.05, 0) is 43.6 Å². The van der Waals surface area contributed by atoms with Gasteiger partial charge >= 0.3 is 0 Å². The molecule has 0 radical (unpaired) electrons. The standard InChI is InChI=1S/C10H21N/c1-8(2)5-9-3-4-10(6-9)7-11/h8-10H,3-7,11H2,1-2H3/t9-,10-/m0/s1. The van der Waals surface area contributed by atoms with Crippen molar-refractivity contribution in [3.05, 3.63) is 0 Å². The van der Waals surface area contributed by atoms with Crippen LogP contribution in [0.4, 0.5) is 0 Å². The van der Waals surface area contributed by atoms with Crippen molar-refractivity contribution in [1.29, 1.82) is 0 Å². The molecule has 0 spiro atoms. The Balaban J connectivity index is 2.19. The van der Waals surface area contributed by atoms with E-state index >= 15 is 0 Å². The van der Waals surface area contributed by atoms with Crippen molar-refractivity contribution < 1.29 is 0 Å². The van der Waals surface area contributed by atoms with Gasteiger partial charge in [-0.3, -0.25) is 0 Å². The molecule has 0 unspecified atom stereocenters. The molecule has 1 aliphatic carbocycles. The molecule has 1 aliphatic rings. The van der Waals surface area contributed by atoms with Crippen LogP contribution in [0.15, 0.2) is 0 Å². The first-order valence-corrected chi connectivity index (χ1v) is 4.92. The van der Waals surface area contributed by atoms with E-state index in [1.165, 1.54) is 25.7 Å². The second-order valence-electron chi connectivity index (χ2n) is 4.41. The fourth-order valence-electron chi connectivity index (χ4n) is 2.27. The molecule has 66 valence electrons. The molecule has 2 N–H and O–H groups in total. The van der Waals surface area contributed by atoms with Crippen molar-refractivity contribution in [3.63, 3.8) is 0 Å². The maximum atomic E-state index is 5.63. The Morgan fingerprint density at radius 3 is 2.36 bits per heavy atom. The average molecular weight is 155 g/mol. The van der Waals surface area contributed by atoms with Gasteiger partial charge in [-0.2, -0.15) is 0 Å². The fraction of sp³-hybridized carbons (Fsp3) is 1.00. The molecule has 0 heterocycles. The topological polar surface area (TPSA) is 26.0 Å². The third-order valence-electron chi connectivity index (χ3n) is 2.79. The first-order valence-electron chi connectivity index (χ1n) is 4.92. The summed E-state index contributed by atoms with van der Waals surface area (Å²) in [6, 6.07) is 0. The van der Waals surface area contributed by atoms with Gasteiger partial charge in [0.25, 0.3) is 0 Å². The lowest BCUT2D eigenvalue weighted by molar-refractivity contribution is 0.404. The minimum atomic E-state index is 0.846. The minimum Gasteiger partial charge on any atom is -0.330 e. The van der Waals surface area contributed by atoms with E-state index in [1.807, 2.05) is 0 Å². The molecule has 2 atom stereocenters. The SMILES string of the molecule is CC(C)C[C@@H]1CC[C@H](CN)C1. The van der Waals surface area contributed by atoms with Gasteiger partial charge in [-0.1, -0.05) is 20.3 Å². The van der Waals surface area contributed by atoms with E-state index in [4.69, 9.17) is 5.73 Å². The summed E-state index contributed by atoms with van der Waals surface area (Å²) in [4.78, 5) is 0. The van der Waals surface area contributed by atoms with Crippen molar-refractivity contribution in [2.45, 2.75) is 39.5 Å². The number of hydrogen-bond donors (Lipinski definition) is 1. The van der Waals surface area contributed by atoms with Crippen LogP contribution < -0.4 is 5.73 Å². The van der Waals surface area contributed by atoms with E-state index in [-0.39, 0.29) is 0 Å². The lowest BCUT2D eigenvalue weighted by Crippen LogP contribution is -2.11. The van der Waals surface area contributed by atoms with E-state index in [9.17, 15) is 0 Å². The third-order valence-corrected chi connectivity index (χ3v) is 2.79. The molecule has 0 aromatic heterocycles. The highest BCUT2D eigenvalue weighted by Gasteiger charge is 2.23. The number of rotatable bonds is 3. The van der Waals surface area contributed by atoms with Gasteiger partial charge < -0.3 is 5.73 Å². The zero-order valence-electron chi connectivity index (χ0n) is 7.84. The summed E-state index contributed by atoms with van der Waals surface area (Å²) in [5, 5.41) is 0. The van der Waals surface area contributed by atoms with Crippen molar-refractivity contribution in [2.24, 2.45) is 23.5 Å². The number of nitrogens with two attached hydrogens (primary N) is 1. The maximum absolute atomic E-state index is 5.63. The van der Waals surface area contributed by atoms with Crippen LogP contribution in [0.2, 0.25) is 0 Å². The number of hydrogen-bond acceptors (Lipinski definition) is 1. The summed E-state index contributed by atoms with van der Waals surface area (Å²) in [7, 11) is 0. The minimum absolute atomic E-state index is 0.846. The summed E-state index contributed by atoms with van der Waals surface area (Å²) in [6.45, 7) is 5.54. The Labute approximate surface area is 70.4 Å². The van der Waals surface area contributed by atoms with Crippen LogP contribution in [0, 0.1) is 17.8 Å². The highest BCUT2D eigenvalue weighted by atomic mass is 14.6. The Bertz CT molecular complexity index is 109. The Morgan fingerprint density at radius 1 is 1.27 bits per heavy atom. The zero-order chi connectivity index (χ0) is 8.27. The molecule has 0 amide bonds. The molecule has 1 rings (SSSR count). The summed E-state index contributed by atoms with van der Waals surface area (Å²) < 4.78 is 0. The van der Waals surface area contributed by atoms with Gasteiger partial charge in [0.15, 0.2) is 0 Å². The van der Waals surface area contributed by atoms with Crippen LogP contribution in [-0.2, 0) is 0 Å². The molecular formula is C10H21N. The van der Waals surface area contributed by atoms with Crippen molar-refractivity contribution in [1.82, 2.24) is 0 Å². The maximum Gasteiger partial charge on any atom is -0.00488 e. The highest BCUT2D eigenvalue weighted by Crippen LogP contribution is 2.34.